The van der Waals surface area contributed by atoms with Crippen LogP contribution in [0, 0.1) is 0 Å². The number of aliphatic hydroxyl groups excluding tert-OH is 3. The van der Waals surface area contributed by atoms with E-state index < -0.39 is 24.6 Å². The highest BCUT2D eigenvalue weighted by Gasteiger charge is 2.38. The van der Waals surface area contributed by atoms with Crippen molar-refractivity contribution in [3.63, 3.8) is 0 Å². The van der Waals surface area contributed by atoms with Crippen LogP contribution in [0.25, 0.3) is 0 Å². The van der Waals surface area contributed by atoms with Crippen molar-refractivity contribution in [3.8, 4) is 11.5 Å². The number of aromatic hydroxyl groups is 2. The van der Waals surface area contributed by atoms with E-state index in [1.807, 2.05) is 0 Å². The van der Waals surface area contributed by atoms with E-state index in [1.165, 1.54) is 12.1 Å². The Morgan fingerprint density at radius 1 is 1.23 bits per heavy atom. The number of phenols is 2. The Balaban J connectivity index is 1.84. The molecule has 0 saturated carbocycles. The number of benzene rings is 1. The monoisotopic (exact) mass is 314 g/mol. The van der Waals surface area contributed by atoms with Crippen molar-refractivity contribution in [1.29, 1.82) is 0 Å². The van der Waals surface area contributed by atoms with Crippen molar-refractivity contribution in [3.05, 3.63) is 23.8 Å². The van der Waals surface area contributed by atoms with Crippen LogP contribution in [0.3, 0.4) is 0 Å². The number of hydrogen-bond acceptors (Lipinski definition) is 7. The molecule has 1 aliphatic rings. The molecule has 1 aromatic rings. The maximum Gasteiger partial charge on any atom is 0.186 e. The van der Waals surface area contributed by atoms with Crippen molar-refractivity contribution in [2.24, 2.45) is 0 Å². The van der Waals surface area contributed by atoms with Gasteiger partial charge in [-0.25, -0.2) is 0 Å². The van der Waals surface area contributed by atoms with E-state index in [9.17, 15) is 25.5 Å². The lowest BCUT2D eigenvalue weighted by Crippen LogP contribution is -2.54. The fraction of sp³-hybridized carbons (Fsp3) is 0.600. The SMILES string of the molecule is C[C@@H](CCc1ccc(O)cc1O)O[C@@H]1OC[C@@H](O)[C@H](O)[C@H]1O. The van der Waals surface area contributed by atoms with E-state index in [-0.39, 0.29) is 24.2 Å². The molecule has 0 bridgehead atoms. The Kier molecular flexibility index (Phi) is 5.60. The molecule has 7 nitrogen and oxygen atoms in total. The normalized spacial score (nSPS) is 30.2. The minimum absolute atomic E-state index is 0.00294. The van der Waals surface area contributed by atoms with Gasteiger partial charge >= 0.3 is 0 Å². The summed E-state index contributed by atoms with van der Waals surface area (Å²) in [5, 5.41) is 47.7. The number of ether oxygens (including phenoxy) is 2. The Bertz CT molecular complexity index is 493. The molecule has 1 saturated heterocycles. The first-order valence-corrected chi connectivity index (χ1v) is 7.20. The maximum absolute atomic E-state index is 9.79. The third-order valence-corrected chi connectivity index (χ3v) is 3.71. The summed E-state index contributed by atoms with van der Waals surface area (Å²) < 4.78 is 10.7. The molecule has 1 fully saturated rings. The number of phenolic OH excluding ortho intramolecular Hbond substituents is 2. The molecule has 0 unspecified atom stereocenters. The van der Waals surface area contributed by atoms with Crippen LogP contribution in [0.1, 0.15) is 18.9 Å². The zero-order valence-electron chi connectivity index (χ0n) is 12.3. The molecule has 0 amide bonds. The van der Waals surface area contributed by atoms with Crippen LogP contribution < -0.4 is 0 Å². The van der Waals surface area contributed by atoms with Gasteiger partial charge in [0.1, 0.15) is 29.8 Å². The molecule has 0 radical (unpaired) electrons. The second-order valence-corrected chi connectivity index (χ2v) is 5.55. The standard InChI is InChI=1S/C15H22O7/c1-8(2-3-9-4-5-10(16)6-11(9)17)22-15-14(20)13(19)12(18)7-21-15/h4-6,8,12-20H,2-3,7H2,1H3/t8-,12+,13-,14+,15-/m0/s1. The lowest BCUT2D eigenvalue weighted by molar-refractivity contribution is -0.281. The second kappa shape index (κ2) is 7.26. The smallest absolute Gasteiger partial charge is 0.186 e. The van der Waals surface area contributed by atoms with Gasteiger partial charge in [-0.3, -0.25) is 0 Å². The summed E-state index contributed by atoms with van der Waals surface area (Å²) in [4.78, 5) is 0. The number of aryl methyl sites for hydroxylation is 1. The van der Waals surface area contributed by atoms with Gasteiger partial charge in [-0.1, -0.05) is 6.07 Å². The molecule has 2 rings (SSSR count). The summed E-state index contributed by atoms with van der Waals surface area (Å²) in [5.41, 5.74) is 0.675. The van der Waals surface area contributed by atoms with Crippen LogP contribution in [0.5, 0.6) is 11.5 Å². The Morgan fingerprint density at radius 2 is 1.95 bits per heavy atom. The second-order valence-electron chi connectivity index (χ2n) is 5.55. The van der Waals surface area contributed by atoms with Gasteiger partial charge in [0.25, 0.3) is 0 Å². The first-order valence-electron chi connectivity index (χ1n) is 7.20. The summed E-state index contributed by atoms with van der Waals surface area (Å²) in [6.45, 7) is 1.68. The molecule has 1 aliphatic heterocycles. The summed E-state index contributed by atoms with van der Waals surface area (Å²) in [6, 6.07) is 4.39. The molecule has 124 valence electrons. The van der Waals surface area contributed by atoms with E-state index >= 15 is 0 Å². The zero-order chi connectivity index (χ0) is 16.3. The highest BCUT2D eigenvalue weighted by atomic mass is 16.7. The fourth-order valence-corrected chi connectivity index (χ4v) is 2.32. The Morgan fingerprint density at radius 3 is 2.64 bits per heavy atom. The first-order chi connectivity index (χ1) is 10.4. The van der Waals surface area contributed by atoms with Crippen LogP contribution in [-0.2, 0) is 15.9 Å². The fourth-order valence-electron chi connectivity index (χ4n) is 2.32. The predicted octanol–water partition coefficient (Wildman–Crippen LogP) is -0.125. The predicted molar refractivity (Wildman–Crippen MR) is 76.4 cm³/mol. The highest BCUT2D eigenvalue weighted by Crippen LogP contribution is 2.25. The molecule has 1 heterocycles. The average Bonchev–Trinajstić information content (AvgIpc) is 2.47. The van der Waals surface area contributed by atoms with Crippen molar-refractivity contribution in [2.75, 3.05) is 6.61 Å². The van der Waals surface area contributed by atoms with Gasteiger partial charge in [0.2, 0.25) is 0 Å². The molecular formula is C15H22O7. The largest absolute Gasteiger partial charge is 0.508 e. The van der Waals surface area contributed by atoms with Crippen LogP contribution in [0.4, 0.5) is 0 Å². The molecule has 5 atom stereocenters. The van der Waals surface area contributed by atoms with Gasteiger partial charge in [0.05, 0.1) is 12.7 Å². The van der Waals surface area contributed by atoms with Gasteiger partial charge in [-0.05, 0) is 31.4 Å². The van der Waals surface area contributed by atoms with Crippen LogP contribution >= 0.6 is 0 Å². The van der Waals surface area contributed by atoms with Crippen LogP contribution in [0.15, 0.2) is 18.2 Å². The van der Waals surface area contributed by atoms with Crippen molar-refractivity contribution in [1.82, 2.24) is 0 Å². The molecule has 7 heteroatoms. The minimum atomic E-state index is -1.31. The minimum Gasteiger partial charge on any atom is -0.508 e. The average molecular weight is 314 g/mol. The van der Waals surface area contributed by atoms with Gasteiger partial charge < -0.3 is 35.0 Å². The third kappa shape index (κ3) is 4.08. The summed E-state index contributed by atoms with van der Waals surface area (Å²) in [5.74, 6) is 0.0107. The third-order valence-electron chi connectivity index (χ3n) is 3.71. The molecular weight excluding hydrogens is 292 g/mol. The number of rotatable bonds is 5. The zero-order valence-corrected chi connectivity index (χ0v) is 12.3. The van der Waals surface area contributed by atoms with Gasteiger partial charge in [0.15, 0.2) is 6.29 Å². The van der Waals surface area contributed by atoms with E-state index in [1.54, 1.807) is 13.0 Å². The van der Waals surface area contributed by atoms with Crippen molar-refractivity contribution >= 4 is 0 Å². The molecule has 1 aromatic carbocycles. The van der Waals surface area contributed by atoms with E-state index in [0.717, 1.165) is 0 Å². The van der Waals surface area contributed by atoms with Crippen LogP contribution in [0.2, 0.25) is 0 Å². The van der Waals surface area contributed by atoms with E-state index in [4.69, 9.17) is 9.47 Å². The van der Waals surface area contributed by atoms with Crippen LogP contribution in [-0.4, -0.2) is 62.8 Å². The van der Waals surface area contributed by atoms with Gasteiger partial charge in [-0.2, -0.15) is 0 Å². The van der Waals surface area contributed by atoms with E-state index in [2.05, 4.69) is 0 Å². The van der Waals surface area contributed by atoms with Crippen molar-refractivity contribution < 1.29 is 35.0 Å². The highest BCUT2D eigenvalue weighted by molar-refractivity contribution is 5.38. The van der Waals surface area contributed by atoms with Gasteiger partial charge in [-0.15, -0.1) is 0 Å². The lowest BCUT2D eigenvalue weighted by atomic mass is 10.0. The topological polar surface area (TPSA) is 120 Å². The molecule has 0 aliphatic carbocycles. The lowest BCUT2D eigenvalue weighted by Gasteiger charge is -2.36. The summed E-state index contributed by atoms with van der Waals surface area (Å²) in [7, 11) is 0. The maximum atomic E-state index is 9.79. The molecule has 5 N–H and O–H groups in total. The van der Waals surface area contributed by atoms with E-state index in [0.29, 0.717) is 18.4 Å². The summed E-state index contributed by atoms with van der Waals surface area (Å²) >= 11 is 0. The molecule has 0 spiro atoms. The van der Waals surface area contributed by atoms with Crippen molar-refractivity contribution in [2.45, 2.75) is 50.5 Å². The summed E-state index contributed by atoms with van der Waals surface area (Å²) in [6.07, 6.45) is -3.97. The number of aliphatic hydroxyl groups is 3. The molecule has 22 heavy (non-hydrogen) atoms. The first kappa shape index (κ1) is 17.0. The quantitative estimate of drug-likeness (QED) is 0.514. The Labute approximate surface area is 128 Å². The van der Waals surface area contributed by atoms with Gasteiger partial charge in [0, 0.05) is 6.07 Å². The Hall–Kier alpha value is -1.38. The molecule has 0 aromatic heterocycles. The number of hydrogen-bond donors (Lipinski definition) is 5.